The van der Waals surface area contributed by atoms with Crippen molar-refractivity contribution in [1.82, 2.24) is 15.4 Å². The maximum Gasteiger partial charge on any atom is 0.253 e. The van der Waals surface area contributed by atoms with Gasteiger partial charge >= 0.3 is 0 Å². The third kappa shape index (κ3) is 5.51. The van der Waals surface area contributed by atoms with Crippen molar-refractivity contribution in [2.75, 3.05) is 25.4 Å². The van der Waals surface area contributed by atoms with Gasteiger partial charge in [0.05, 0.1) is 16.0 Å². The zero-order chi connectivity index (χ0) is 24.2. The van der Waals surface area contributed by atoms with E-state index in [0.717, 1.165) is 16.6 Å². The monoisotopic (exact) mass is 571 g/mol. The molecule has 34 heavy (non-hydrogen) atoms. The summed E-state index contributed by atoms with van der Waals surface area (Å²) in [6.07, 6.45) is 4.82. The van der Waals surface area contributed by atoms with E-state index in [9.17, 15) is 18.0 Å². The maximum atomic E-state index is 13.7. The third-order valence-electron chi connectivity index (χ3n) is 6.14. The van der Waals surface area contributed by atoms with Gasteiger partial charge in [0.15, 0.2) is 16.1 Å². The van der Waals surface area contributed by atoms with E-state index in [0.29, 0.717) is 23.5 Å². The van der Waals surface area contributed by atoms with Gasteiger partial charge in [-0.15, -0.1) is 11.3 Å². The molecule has 2 unspecified atom stereocenters. The van der Waals surface area contributed by atoms with E-state index in [1.165, 1.54) is 28.6 Å². The van der Waals surface area contributed by atoms with Crippen molar-refractivity contribution in [1.29, 1.82) is 0 Å². The van der Waals surface area contributed by atoms with Crippen molar-refractivity contribution < 1.29 is 27.6 Å². The zero-order valence-electron chi connectivity index (χ0n) is 18.4. The Labute approximate surface area is 210 Å². The van der Waals surface area contributed by atoms with Gasteiger partial charge in [-0.3, -0.25) is 14.6 Å². The van der Waals surface area contributed by atoms with Crippen molar-refractivity contribution >= 4 is 48.9 Å². The van der Waals surface area contributed by atoms with Gasteiger partial charge in [-0.05, 0) is 59.5 Å². The molecule has 4 rings (SSSR count). The number of pyridine rings is 1. The lowest BCUT2D eigenvalue weighted by atomic mass is 9.97. The summed E-state index contributed by atoms with van der Waals surface area (Å²) in [6, 6.07) is 6.70. The fourth-order valence-corrected chi connectivity index (χ4v) is 8.22. The molecule has 12 heteroatoms. The van der Waals surface area contributed by atoms with Crippen molar-refractivity contribution in [2.24, 2.45) is 0 Å². The van der Waals surface area contributed by atoms with Crippen LogP contribution in [0.15, 0.2) is 40.4 Å². The summed E-state index contributed by atoms with van der Waals surface area (Å²) in [6.45, 7) is 0.797. The topological polar surface area (TPSA) is 115 Å². The molecule has 2 atom stereocenters. The second-order valence-electron chi connectivity index (χ2n) is 8.31. The summed E-state index contributed by atoms with van der Waals surface area (Å²) in [7, 11) is -3.81. The smallest absolute Gasteiger partial charge is 0.253 e. The summed E-state index contributed by atoms with van der Waals surface area (Å²) in [5, 5.41) is 0. The highest BCUT2D eigenvalue weighted by Crippen LogP contribution is 2.44. The second-order valence-corrected chi connectivity index (χ2v) is 13.2. The quantitative estimate of drug-likeness (QED) is 0.530. The van der Waals surface area contributed by atoms with Crippen LogP contribution in [-0.2, 0) is 29.0 Å². The predicted octanol–water partition coefficient (Wildman–Crippen LogP) is 3.03. The summed E-state index contributed by atoms with van der Waals surface area (Å²) < 4.78 is 32.1. The number of carbonyl (C=O) groups is 2. The van der Waals surface area contributed by atoms with Crippen LogP contribution in [0.25, 0.3) is 0 Å². The van der Waals surface area contributed by atoms with Crippen LogP contribution in [0.2, 0.25) is 0 Å². The minimum Gasteiger partial charge on any atom is -0.350 e. The van der Waals surface area contributed by atoms with E-state index in [1.807, 2.05) is 0 Å². The number of rotatable bonds is 6. The van der Waals surface area contributed by atoms with Crippen LogP contribution in [-0.4, -0.2) is 61.9 Å². The molecule has 2 saturated heterocycles. The number of sulfone groups is 1. The van der Waals surface area contributed by atoms with Gasteiger partial charge < -0.3 is 9.64 Å². The van der Waals surface area contributed by atoms with Crippen LogP contribution in [0.5, 0.6) is 0 Å². The average Bonchev–Trinajstić information content (AvgIpc) is 3.23. The number of nitrogens with one attached hydrogen (secondary N) is 1. The molecule has 0 saturated carbocycles. The summed E-state index contributed by atoms with van der Waals surface area (Å²) in [5.41, 5.74) is 2.84. The number of ether oxygens (including phenoxy) is 1. The molecule has 0 bridgehead atoms. The molecule has 2 aromatic rings. The Balaban J connectivity index is 1.57. The van der Waals surface area contributed by atoms with E-state index in [2.05, 4.69) is 26.4 Å². The summed E-state index contributed by atoms with van der Waals surface area (Å²) in [4.78, 5) is 37.3. The lowest BCUT2D eigenvalue weighted by Crippen LogP contribution is -2.43. The number of hydrogen-bond donors (Lipinski definition) is 1. The number of hydrogen-bond acceptors (Lipinski definition) is 8. The van der Waals surface area contributed by atoms with Crippen LogP contribution >= 0.6 is 27.3 Å². The molecule has 0 aromatic carbocycles. The zero-order valence-corrected chi connectivity index (χ0v) is 21.7. The number of amides is 2. The third-order valence-corrected chi connectivity index (χ3v) is 10.6. The molecule has 2 aromatic heterocycles. The van der Waals surface area contributed by atoms with Gasteiger partial charge in [0, 0.05) is 49.0 Å². The Hall–Kier alpha value is -1.86. The first-order valence-corrected chi connectivity index (χ1v) is 14.3. The Morgan fingerprint density at radius 3 is 2.71 bits per heavy atom. The highest BCUT2D eigenvalue weighted by Gasteiger charge is 2.50. The highest BCUT2D eigenvalue weighted by atomic mass is 79.9. The molecule has 4 heterocycles. The van der Waals surface area contributed by atoms with E-state index in [1.54, 1.807) is 24.3 Å². The molecule has 2 fully saturated rings. The molecule has 184 valence electrons. The minimum atomic E-state index is -3.81. The lowest BCUT2D eigenvalue weighted by Gasteiger charge is -2.31. The van der Waals surface area contributed by atoms with E-state index >= 15 is 0 Å². The van der Waals surface area contributed by atoms with Crippen LogP contribution in [0, 0.1) is 0 Å². The van der Waals surface area contributed by atoms with Gasteiger partial charge in [0.25, 0.3) is 5.91 Å². The van der Waals surface area contributed by atoms with Gasteiger partial charge in [0.1, 0.15) is 4.75 Å². The van der Waals surface area contributed by atoms with E-state index < -0.39 is 26.8 Å². The molecule has 2 aliphatic heterocycles. The standard InChI is InChI=1S/C22H26BrN3O6S2/c23-18-5-4-17(33-18)22(15-19(27)25-32-20-3-1-2-13-31-20)8-11-26(12-14-34(22,29)30)21(28)16-6-9-24-10-7-16/h4-7,9-10,20H,1-3,8,11-15H2,(H,25,27). The van der Waals surface area contributed by atoms with Gasteiger partial charge in [0.2, 0.25) is 5.91 Å². The first-order valence-electron chi connectivity index (χ1n) is 11.0. The molecule has 9 nitrogen and oxygen atoms in total. The maximum absolute atomic E-state index is 13.7. The molecule has 0 spiro atoms. The highest BCUT2D eigenvalue weighted by molar-refractivity contribution is 9.11. The number of carbonyl (C=O) groups excluding carboxylic acids is 2. The summed E-state index contributed by atoms with van der Waals surface area (Å²) in [5.74, 6) is -1.06. The normalized spacial score (nSPS) is 24.9. The van der Waals surface area contributed by atoms with Crippen LogP contribution < -0.4 is 5.48 Å². The number of halogens is 1. The minimum absolute atomic E-state index is 0.0474. The largest absolute Gasteiger partial charge is 0.350 e. The fraction of sp³-hybridized carbons (Fsp3) is 0.500. The Kier molecular flexibility index (Phi) is 8.03. The number of hydroxylamine groups is 1. The molecule has 0 radical (unpaired) electrons. The molecular weight excluding hydrogens is 546 g/mol. The SMILES string of the molecule is O=C(CC1(c2ccc(Br)s2)CCN(C(=O)c2ccncc2)CCS1(=O)=O)NOC1CCCCO1. The number of aromatic nitrogens is 1. The van der Waals surface area contributed by atoms with Gasteiger partial charge in [-0.2, -0.15) is 0 Å². The second kappa shape index (κ2) is 10.8. The molecule has 2 amide bonds. The first-order chi connectivity index (χ1) is 16.3. The first kappa shape index (κ1) is 25.2. The van der Waals surface area contributed by atoms with E-state index in [4.69, 9.17) is 9.57 Å². The van der Waals surface area contributed by atoms with Crippen LogP contribution in [0.3, 0.4) is 0 Å². The number of thiophene rings is 1. The molecule has 1 N–H and O–H groups in total. The van der Waals surface area contributed by atoms with Crippen molar-refractivity contribution in [3.05, 3.63) is 50.9 Å². The predicted molar refractivity (Wildman–Crippen MR) is 130 cm³/mol. The van der Waals surface area contributed by atoms with Crippen molar-refractivity contribution in [3.63, 3.8) is 0 Å². The van der Waals surface area contributed by atoms with Crippen molar-refractivity contribution in [3.8, 4) is 0 Å². The Bertz CT molecular complexity index is 1120. The molecular formula is C22H26BrN3O6S2. The van der Waals surface area contributed by atoms with Crippen LogP contribution in [0.1, 0.15) is 47.3 Å². The van der Waals surface area contributed by atoms with Crippen molar-refractivity contribution in [2.45, 2.75) is 43.1 Å². The summed E-state index contributed by atoms with van der Waals surface area (Å²) >= 11 is 4.69. The van der Waals surface area contributed by atoms with Crippen LogP contribution in [0.4, 0.5) is 0 Å². The fourth-order valence-electron chi connectivity index (χ4n) is 4.24. The average molecular weight is 573 g/mol. The van der Waals surface area contributed by atoms with Gasteiger partial charge in [-0.1, -0.05) is 0 Å². The Morgan fingerprint density at radius 2 is 2.03 bits per heavy atom. The molecule has 0 aliphatic carbocycles. The van der Waals surface area contributed by atoms with E-state index in [-0.39, 0.29) is 37.6 Å². The Morgan fingerprint density at radius 1 is 1.24 bits per heavy atom. The van der Waals surface area contributed by atoms with Gasteiger partial charge in [-0.25, -0.2) is 18.7 Å². The molecule has 2 aliphatic rings. The number of nitrogens with zero attached hydrogens (tertiary/aromatic N) is 2. The lowest BCUT2D eigenvalue weighted by molar-refractivity contribution is -0.200.